The zero-order chi connectivity index (χ0) is 11.5. The molecule has 0 aliphatic carbocycles. The smallest absolute Gasteiger partial charge is 0.241 e. The van der Waals surface area contributed by atoms with Crippen molar-refractivity contribution in [2.45, 2.75) is 0 Å². The molecule has 2 rings (SSSR count). The van der Waals surface area contributed by atoms with E-state index < -0.39 is 0 Å². The average Bonchev–Trinajstić information content (AvgIpc) is 2.32. The maximum atomic E-state index is 11.6. The summed E-state index contributed by atoms with van der Waals surface area (Å²) in [6.07, 6.45) is 3.22. The molecule has 1 amide bonds. The summed E-state index contributed by atoms with van der Waals surface area (Å²) < 4.78 is 0. The molecule has 0 bridgehead atoms. The van der Waals surface area contributed by atoms with Gasteiger partial charge < -0.3 is 9.80 Å². The molecule has 0 unspecified atom stereocenters. The first-order valence-corrected chi connectivity index (χ1v) is 5.05. The molecule has 5 nitrogen and oxygen atoms in total. The Kier molecular flexibility index (Phi) is 2.73. The third-order valence-corrected chi connectivity index (χ3v) is 2.72. The van der Waals surface area contributed by atoms with Gasteiger partial charge in [0.25, 0.3) is 0 Å². The molecule has 0 aromatic carbocycles. The van der Waals surface area contributed by atoms with Crippen LogP contribution in [0.4, 0.5) is 5.69 Å². The summed E-state index contributed by atoms with van der Waals surface area (Å²) in [4.78, 5) is 19.1. The highest BCUT2D eigenvalue weighted by Gasteiger charge is 2.22. The topological polar surface area (TPSA) is 60.2 Å². The van der Waals surface area contributed by atoms with Crippen molar-refractivity contribution in [3.63, 3.8) is 0 Å². The van der Waals surface area contributed by atoms with Crippen LogP contribution in [0.25, 0.3) is 0 Å². The van der Waals surface area contributed by atoms with Gasteiger partial charge in [-0.3, -0.25) is 9.78 Å². The summed E-state index contributed by atoms with van der Waals surface area (Å²) in [5, 5.41) is 8.97. The van der Waals surface area contributed by atoms with Gasteiger partial charge in [-0.25, -0.2) is 0 Å². The maximum absolute atomic E-state index is 11.6. The summed E-state index contributed by atoms with van der Waals surface area (Å²) >= 11 is 0. The SMILES string of the molecule is CN1CCN(c2cnccc2C#N)CC1=O. The van der Waals surface area contributed by atoms with Gasteiger partial charge in [-0.05, 0) is 6.07 Å². The summed E-state index contributed by atoms with van der Waals surface area (Å²) in [6, 6.07) is 3.78. The fraction of sp³-hybridized carbons (Fsp3) is 0.364. The standard InChI is InChI=1S/C11H12N4O/c1-14-4-5-15(8-11(14)16)10-7-13-3-2-9(10)6-12/h2-3,7H,4-5,8H2,1H3. The number of rotatable bonds is 1. The number of piperazine rings is 1. The third-order valence-electron chi connectivity index (χ3n) is 2.72. The quantitative estimate of drug-likeness (QED) is 0.674. The Morgan fingerprint density at radius 1 is 1.50 bits per heavy atom. The molecule has 5 heteroatoms. The molecular formula is C11H12N4O. The van der Waals surface area contributed by atoms with Gasteiger partial charge in [-0.1, -0.05) is 0 Å². The Labute approximate surface area is 93.9 Å². The fourth-order valence-corrected chi connectivity index (χ4v) is 1.70. The Morgan fingerprint density at radius 2 is 2.31 bits per heavy atom. The van der Waals surface area contributed by atoms with E-state index in [0.29, 0.717) is 18.7 Å². The number of nitriles is 1. The van der Waals surface area contributed by atoms with Crippen LogP contribution in [0.5, 0.6) is 0 Å². The molecule has 0 radical (unpaired) electrons. The average molecular weight is 216 g/mol. The van der Waals surface area contributed by atoms with Crippen molar-refractivity contribution in [2.24, 2.45) is 0 Å². The number of amides is 1. The van der Waals surface area contributed by atoms with Gasteiger partial charge in [0.15, 0.2) is 0 Å². The normalized spacial score (nSPS) is 16.1. The second-order valence-corrected chi connectivity index (χ2v) is 3.74. The van der Waals surface area contributed by atoms with Crippen LogP contribution in [0.3, 0.4) is 0 Å². The molecule has 0 spiro atoms. The third kappa shape index (κ3) is 1.82. The lowest BCUT2D eigenvalue weighted by molar-refractivity contribution is -0.129. The highest BCUT2D eigenvalue weighted by atomic mass is 16.2. The van der Waals surface area contributed by atoms with Gasteiger partial charge in [0.1, 0.15) is 6.07 Å². The van der Waals surface area contributed by atoms with Crippen molar-refractivity contribution in [3.05, 3.63) is 24.0 Å². The van der Waals surface area contributed by atoms with Crippen LogP contribution in [-0.2, 0) is 4.79 Å². The van der Waals surface area contributed by atoms with Gasteiger partial charge in [0.05, 0.1) is 24.0 Å². The molecule has 1 saturated heterocycles. The van der Waals surface area contributed by atoms with E-state index in [1.807, 2.05) is 4.90 Å². The minimum absolute atomic E-state index is 0.0685. The van der Waals surface area contributed by atoms with Crippen LogP contribution >= 0.6 is 0 Å². The lowest BCUT2D eigenvalue weighted by Gasteiger charge is -2.33. The fourth-order valence-electron chi connectivity index (χ4n) is 1.70. The molecule has 0 atom stereocenters. The van der Waals surface area contributed by atoms with Crippen LogP contribution in [0.15, 0.2) is 18.5 Å². The number of pyridine rings is 1. The van der Waals surface area contributed by atoms with Crippen LogP contribution in [0.1, 0.15) is 5.56 Å². The zero-order valence-electron chi connectivity index (χ0n) is 9.05. The molecule has 0 N–H and O–H groups in total. The van der Waals surface area contributed by atoms with E-state index in [1.54, 1.807) is 30.4 Å². The van der Waals surface area contributed by atoms with Crippen molar-refractivity contribution in [2.75, 3.05) is 31.6 Å². The number of anilines is 1. The van der Waals surface area contributed by atoms with Gasteiger partial charge in [0, 0.05) is 26.3 Å². The van der Waals surface area contributed by atoms with Crippen molar-refractivity contribution >= 4 is 11.6 Å². The Hall–Kier alpha value is -2.09. The van der Waals surface area contributed by atoms with E-state index in [1.165, 1.54) is 0 Å². The largest absolute Gasteiger partial charge is 0.358 e. The number of likely N-dealkylation sites (N-methyl/N-ethyl adjacent to an activating group) is 1. The van der Waals surface area contributed by atoms with Crippen LogP contribution in [0, 0.1) is 11.3 Å². The number of carbonyl (C=O) groups excluding carboxylic acids is 1. The lowest BCUT2D eigenvalue weighted by atomic mass is 10.2. The minimum atomic E-state index is 0.0685. The monoisotopic (exact) mass is 216 g/mol. The lowest BCUT2D eigenvalue weighted by Crippen LogP contribution is -2.48. The first kappa shape index (κ1) is 10.4. The van der Waals surface area contributed by atoms with Crippen molar-refractivity contribution in [1.82, 2.24) is 9.88 Å². The molecule has 2 heterocycles. The first-order chi connectivity index (χ1) is 7.72. The second-order valence-electron chi connectivity index (χ2n) is 3.74. The number of nitrogens with zero attached hydrogens (tertiary/aromatic N) is 4. The first-order valence-electron chi connectivity index (χ1n) is 5.05. The predicted octanol–water partition coefficient (Wildman–Crippen LogP) is 0.232. The van der Waals surface area contributed by atoms with E-state index >= 15 is 0 Å². The number of hydrogen-bond acceptors (Lipinski definition) is 4. The number of aromatic nitrogens is 1. The molecule has 16 heavy (non-hydrogen) atoms. The second kappa shape index (κ2) is 4.19. The number of carbonyl (C=O) groups is 1. The molecule has 1 aromatic rings. The van der Waals surface area contributed by atoms with Gasteiger partial charge in [-0.15, -0.1) is 0 Å². The van der Waals surface area contributed by atoms with E-state index in [4.69, 9.17) is 5.26 Å². The van der Waals surface area contributed by atoms with Crippen LogP contribution in [0.2, 0.25) is 0 Å². The number of hydrogen-bond donors (Lipinski definition) is 0. The molecule has 0 saturated carbocycles. The summed E-state index contributed by atoms with van der Waals surface area (Å²) in [5.74, 6) is 0.0685. The molecule has 1 fully saturated rings. The highest BCUT2D eigenvalue weighted by molar-refractivity contribution is 5.83. The van der Waals surface area contributed by atoms with Gasteiger partial charge in [0.2, 0.25) is 5.91 Å². The summed E-state index contributed by atoms with van der Waals surface area (Å²) in [6.45, 7) is 1.73. The highest BCUT2D eigenvalue weighted by Crippen LogP contribution is 2.19. The van der Waals surface area contributed by atoms with Crippen LogP contribution in [-0.4, -0.2) is 42.5 Å². The van der Waals surface area contributed by atoms with Crippen LogP contribution < -0.4 is 4.90 Å². The molecule has 1 aliphatic heterocycles. The van der Waals surface area contributed by atoms with Crippen molar-refractivity contribution < 1.29 is 4.79 Å². The summed E-state index contributed by atoms with van der Waals surface area (Å²) in [7, 11) is 1.79. The van der Waals surface area contributed by atoms with E-state index in [9.17, 15) is 4.79 Å². The zero-order valence-corrected chi connectivity index (χ0v) is 9.05. The molecular weight excluding hydrogens is 204 g/mol. The maximum Gasteiger partial charge on any atom is 0.241 e. The van der Waals surface area contributed by atoms with E-state index in [0.717, 1.165) is 12.2 Å². The van der Waals surface area contributed by atoms with Gasteiger partial charge in [-0.2, -0.15) is 5.26 Å². The van der Waals surface area contributed by atoms with Gasteiger partial charge >= 0.3 is 0 Å². The van der Waals surface area contributed by atoms with Crippen molar-refractivity contribution in [1.29, 1.82) is 5.26 Å². The van der Waals surface area contributed by atoms with E-state index in [-0.39, 0.29) is 5.91 Å². The summed E-state index contributed by atoms with van der Waals surface area (Å²) in [5.41, 5.74) is 1.30. The molecule has 1 aromatic heterocycles. The molecule has 1 aliphatic rings. The Balaban J connectivity index is 2.25. The van der Waals surface area contributed by atoms with Crippen molar-refractivity contribution in [3.8, 4) is 6.07 Å². The predicted molar refractivity (Wildman–Crippen MR) is 58.8 cm³/mol. The Morgan fingerprint density at radius 3 is 3.00 bits per heavy atom. The minimum Gasteiger partial charge on any atom is -0.358 e. The Bertz CT molecular complexity index is 452. The van der Waals surface area contributed by atoms with E-state index in [2.05, 4.69) is 11.1 Å². The molecule has 82 valence electrons.